The van der Waals surface area contributed by atoms with Gasteiger partial charge < -0.3 is 15.7 Å². The molecular formula is C15H15N3O2. The molecule has 2 aromatic rings. The van der Waals surface area contributed by atoms with Crippen molar-refractivity contribution in [2.24, 2.45) is 0 Å². The number of carbonyl (C=O) groups is 1. The molecule has 0 saturated carbocycles. The molecule has 0 bridgehead atoms. The highest BCUT2D eigenvalue weighted by molar-refractivity contribution is 6.05. The first-order valence-corrected chi connectivity index (χ1v) is 6.52. The zero-order valence-corrected chi connectivity index (χ0v) is 10.9. The van der Waals surface area contributed by atoms with Crippen LogP contribution in [0.4, 0.5) is 5.69 Å². The van der Waals surface area contributed by atoms with Gasteiger partial charge in [-0.1, -0.05) is 12.1 Å². The maximum atomic E-state index is 12.2. The van der Waals surface area contributed by atoms with Crippen LogP contribution in [0.1, 0.15) is 21.6 Å². The zero-order valence-electron chi connectivity index (χ0n) is 10.9. The van der Waals surface area contributed by atoms with E-state index in [4.69, 9.17) is 0 Å². The Morgan fingerprint density at radius 3 is 3.05 bits per heavy atom. The number of fused-ring (bicyclic) bond motifs is 1. The minimum absolute atomic E-state index is 0.0408. The van der Waals surface area contributed by atoms with Crippen LogP contribution in [0.2, 0.25) is 0 Å². The lowest BCUT2D eigenvalue weighted by Gasteiger charge is -2.20. The van der Waals surface area contributed by atoms with Crippen molar-refractivity contribution >= 4 is 11.6 Å². The molecule has 1 aliphatic heterocycles. The molecule has 0 unspecified atom stereocenters. The lowest BCUT2D eigenvalue weighted by molar-refractivity contribution is 0.101. The highest BCUT2D eigenvalue weighted by Gasteiger charge is 2.17. The van der Waals surface area contributed by atoms with Gasteiger partial charge in [0.2, 0.25) is 0 Å². The average Bonchev–Trinajstić information content (AvgIpc) is 2.48. The Morgan fingerprint density at radius 1 is 1.30 bits per heavy atom. The number of benzene rings is 1. The van der Waals surface area contributed by atoms with E-state index in [1.807, 2.05) is 12.1 Å². The SMILES string of the molecule is O=C(Nc1cccc2c1CCNC2)c1ncccc1O. The van der Waals surface area contributed by atoms with Gasteiger partial charge in [0.05, 0.1) is 0 Å². The summed E-state index contributed by atoms with van der Waals surface area (Å²) in [4.78, 5) is 16.1. The third-order valence-corrected chi connectivity index (χ3v) is 3.39. The second kappa shape index (κ2) is 5.30. The van der Waals surface area contributed by atoms with Crippen molar-refractivity contribution in [3.05, 3.63) is 53.3 Å². The zero-order chi connectivity index (χ0) is 13.9. The lowest BCUT2D eigenvalue weighted by Crippen LogP contribution is -2.25. The summed E-state index contributed by atoms with van der Waals surface area (Å²) in [7, 11) is 0. The molecule has 102 valence electrons. The highest BCUT2D eigenvalue weighted by atomic mass is 16.3. The molecule has 1 amide bonds. The van der Waals surface area contributed by atoms with E-state index < -0.39 is 5.91 Å². The number of nitrogens with zero attached hydrogens (tertiary/aromatic N) is 1. The molecule has 0 aliphatic carbocycles. The summed E-state index contributed by atoms with van der Waals surface area (Å²) < 4.78 is 0. The molecule has 0 saturated heterocycles. The van der Waals surface area contributed by atoms with E-state index in [-0.39, 0.29) is 11.4 Å². The maximum Gasteiger partial charge on any atom is 0.278 e. The van der Waals surface area contributed by atoms with E-state index in [1.54, 1.807) is 6.07 Å². The number of anilines is 1. The number of hydrogen-bond donors (Lipinski definition) is 3. The van der Waals surface area contributed by atoms with Crippen molar-refractivity contribution in [1.29, 1.82) is 0 Å². The van der Waals surface area contributed by atoms with Crippen molar-refractivity contribution in [2.45, 2.75) is 13.0 Å². The number of amides is 1. The molecule has 0 fully saturated rings. The number of hydrogen-bond acceptors (Lipinski definition) is 4. The fraction of sp³-hybridized carbons (Fsp3) is 0.200. The van der Waals surface area contributed by atoms with Gasteiger partial charge in [-0.3, -0.25) is 4.79 Å². The monoisotopic (exact) mass is 269 g/mol. The summed E-state index contributed by atoms with van der Waals surface area (Å²) in [6.07, 6.45) is 2.36. The Balaban J connectivity index is 1.89. The molecule has 1 aliphatic rings. The molecular weight excluding hydrogens is 254 g/mol. The fourth-order valence-corrected chi connectivity index (χ4v) is 2.40. The van der Waals surface area contributed by atoms with Gasteiger partial charge in [0.1, 0.15) is 5.75 Å². The summed E-state index contributed by atoms with van der Waals surface area (Å²) in [6.45, 7) is 1.71. The molecule has 20 heavy (non-hydrogen) atoms. The first-order chi connectivity index (χ1) is 9.75. The van der Waals surface area contributed by atoms with Crippen LogP contribution in [0.5, 0.6) is 5.75 Å². The van der Waals surface area contributed by atoms with Crippen molar-refractivity contribution in [3.8, 4) is 5.75 Å². The van der Waals surface area contributed by atoms with Crippen LogP contribution in [0.25, 0.3) is 0 Å². The topological polar surface area (TPSA) is 74.2 Å². The van der Waals surface area contributed by atoms with E-state index in [2.05, 4.69) is 21.7 Å². The van der Waals surface area contributed by atoms with Gasteiger partial charge in [-0.25, -0.2) is 4.98 Å². The van der Waals surface area contributed by atoms with E-state index in [1.165, 1.54) is 17.8 Å². The Morgan fingerprint density at radius 2 is 2.20 bits per heavy atom. The largest absolute Gasteiger partial charge is 0.505 e. The summed E-state index contributed by atoms with van der Waals surface area (Å²) in [5.74, 6) is -0.508. The van der Waals surface area contributed by atoms with Gasteiger partial charge in [0.15, 0.2) is 5.69 Å². The molecule has 1 aromatic heterocycles. The standard InChI is InChI=1S/C15H15N3O2/c19-13-5-2-7-17-14(13)15(20)18-12-4-1-3-10-9-16-8-6-11(10)12/h1-5,7,16,19H,6,8-9H2,(H,18,20). The molecule has 0 spiro atoms. The Bertz CT molecular complexity index is 655. The summed E-state index contributed by atoms with van der Waals surface area (Å²) in [6, 6.07) is 8.88. The van der Waals surface area contributed by atoms with Crippen LogP contribution >= 0.6 is 0 Å². The molecule has 3 N–H and O–H groups in total. The first-order valence-electron chi connectivity index (χ1n) is 6.52. The van der Waals surface area contributed by atoms with Crippen molar-refractivity contribution in [2.75, 3.05) is 11.9 Å². The van der Waals surface area contributed by atoms with Gasteiger partial charge >= 0.3 is 0 Å². The van der Waals surface area contributed by atoms with Crippen molar-refractivity contribution < 1.29 is 9.90 Å². The van der Waals surface area contributed by atoms with Crippen LogP contribution in [-0.2, 0) is 13.0 Å². The number of aromatic hydroxyl groups is 1. The number of nitrogens with one attached hydrogen (secondary N) is 2. The molecule has 0 radical (unpaired) electrons. The maximum absolute atomic E-state index is 12.2. The molecule has 1 aromatic carbocycles. The van der Waals surface area contributed by atoms with Crippen LogP contribution in [0, 0.1) is 0 Å². The van der Waals surface area contributed by atoms with Gasteiger partial charge in [-0.2, -0.15) is 0 Å². The summed E-state index contributed by atoms with van der Waals surface area (Å²) >= 11 is 0. The first kappa shape index (κ1) is 12.6. The second-order valence-electron chi connectivity index (χ2n) is 4.70. The minimum Gasteiger partial charge on any atom is -0.505 e. The number of rotatable bonds is 2. The molecule has 5 nitrogen and oxygen atoms in total. The summed E-state index contributed by atoms with van der Waals surface area (Å²) in [5.41, 5.74) is 3.17. The Hall–Kier alpha value is -2.40. The quantitative estimate of drug-likeness (QED) is 0.775. The highest BCUT2D eigenvalue weighted by Crippen LogP contribution is 2.24. The number of aromatic nitrogens is 1. The van der Waals surface area contributed by atoms with Crippen LogP contribution in [-0.4, -0.2) is 22.5 Å². The Labute approximate surface area is 116 Å². The summed E-state index contributed by atoms with van der Waals surface area (Å²) in [5, 5.41) is 15.8. The molecule has 5 heteroatoms. The van der Waals surface area contributed by atoms with E-state index in [9.17, 15) is 9.90 Å². The lowest BCUT2D eigenvalue weighted by atomic mass is 9.99. The fourth-order valence-electron chi connectivity index (χ4n) is 2.40. The van der Waals surface area contributed by atoms with Gasteiger partial charge in [0, 0.05) is 18.4 Å². The van der Waals surface area contributed by atoms with E-state index >= 15 is 0 Å². The normalized spacial score (nSPS) is 13.6. The number of carbonyl (C=O) groups excluding carboxylic acids is 1. The molecule has 3 rings (SSSR count). The van der Waals surface area contributed by atoms with Gasteiger partial charge in [-0.15, -0.1) is 0 Å². The van der Waals surface area contributed by atoms with Crippen molar-refractivity contribution in [3.63, 3.8) is 0 Å². The van der Waals surface area contributed by atoms with Crippen LogP contribution in [0.15, 0.2) is 36.5 Å². The number of pyridine rings is 1. The van der Waals surface area contributed by atoms with Gasteiger partial charge in [0.25, 0.3) is 5.91 Å². The molecule has 0 atom stereocenters. The predicted octanol–water partition coefficient (Wildman–Crippen LogP) is 1.69. The van der Waals surface area contributed by atoms with E-state index in [0.717, 1.165) is 30.8 Å². The molecule has 2 heterocycles. The average molecular weight is 269 g/mol. The van der Waals surface area contributed by atoms with Crippen LogP contribution < -0.4 is 10.6 Å². The third kappa shape index (κ3) is 2.35. The minimum atomic E-state index is -0.393. The third-order valence-electron chi connectivity index (χ3n) is 3.39. The predicted molar refractivity (Wildman–Crippen MR) is 75.7 cm³/mol. The Kier molecular flexibility index (Phi) is 3.35. The second-order valence-corrected chi connectivity index (χ2v) is 4.70. The van der Waals surface area contributed by atoms with Crippen LogP contribution in [0.3, 0.4) is 0 Å². The van der Waals surface area contributed by atoms with Gasteiger partial charge in [-0.05, 0) is 42.3 Å². The van der Waals surface area contributed by atoms with Crippen molar-refractivity contribution in [1.82, 2.24) is 10.3 Å². The van der Waals surface area contributed by atoms with E-state index in [0.29, 0.717) is 0 Å². The smallest absolute Gasteiger partial charge is 0.278 e.